The van der Waals surface area contributed by atoms with Gasteiger partial charge >= 0.3 is 5.97 Å². The van der Waals surface area contributed by atoms with Gasteiger partial charge in [-0.25, -0.2) is 0 Å². The average molecular weight is 249 g/mol. The molecular formula is C12H21ClO3. The molecule has 0 amide bonds. The van der Waals surface area contributed by atoms with E-state index >= 15 is 0 Å². The fraction of sp³-hybridized carbons (Fsp3) is 0.833. The molecule has 0 bridgehead atoms. The van der Waals surface area contributed by atoms with Crippen molar-refractivity contribution in [3.63, 3.8) is 0 Å². The first-order valence-electron chi connectivity index (χ1n) is 5.67. The minimum absolute atomic E-state index is 0.163. The normalized spacial score (nSPS) is 11.2. The number of unbranched alkanes of at least 4 members (excludes halogenated alkanes) is 3. The Hall–Kier alpha value is -0.570. The van der Waals surface area contributed by atoms with Crippen LogP contribution < -0.4 is 0 Å². The Bertz CT molecular complexity index is 236. The molecule has 0 N–H and O–H groups in total. The summed E-state index contributed by atoms with van der Waals surface area (Å²) in [5.74, 6) is -0.163. The molecule has 0 radical (unpaired) electrons. The van der Waals surface area contributed by atoms with E-state index in [4.69, 9.17) is 16.3 Å². The first-order chi connectivity index (χ1) is 7.40. The quantitative estimate of drug-likeness (QED) is 0.376. The molecule has 0 spiro atoms. The number of hydrogen-bond donors (Lipinski definition) is 0. The smallest absolute Gasteiger partial charge is 0.311 e. The molecule has 0 aliphatic heterocycles. The van der Waals surface area contributed by atoms with Crippen molar-refractivity contribution in [3.8, 4) is 0 Å². The van der Waals surface area contributed by atoms with Crippen molar-refractivity contribution in [2.45, 2.75) is 52.4 Å². The van der Waals surface area contributed by atoms with E-state index in [1.165, 1.54) is 7.11 Å². The van der Waals surface area contributed by atoms with Crippen molar-refractivity contribution in [2.75, 3.05) is 7.11 Å². The molecular weight excluding hydrogens is 228 g/mol. The molecule has 0 unspecified atom stereocenters. The maximum Gasteiger partial charge on any atom is 0.311 e. The van der Waals surface area contributed by atoms with Gasteiger partial charge in [0, 0.05) is 6.42 Å². The third-order valence-electron chi connectivity index (χ3n) is 2.66. The predicted octanol–water partition coefficient (Wildman–Crippen LogP) is 3.29. The van der Waals surface area contributed by atoms with Crippen LogP contribution >= 0.6 is 11.6 Å². The fourth-order valence-electron chi connectivity index (χ4n) is 1.56. The number of carbonyl (C=O) groups excluding carboxylic acids is 2. The number of halogens is 1. The van der Waals surface area contributed by atoms with Crippen LogP contribution in [0.2, 0.25) is 0 Å². The standard InChI is InChI=1S/C12H21ClO3/c1-12(2,11(15)16-3)9-7-5-4-6-8-10(13)14/h4-9H2,1-3H3. The Kier molecular flexibility index (Phi) is 7.39. The van der Waals surface area contributed by atoms with Crippen molar-refractivity contribution in [1.29, 1.82) is 0 Å². The van der Waals surface area contributed by atoms with Crippen LogP contribution in [0.3, 0.4) is 0 Å². The first kappa shape index (κ1) is 15.4. The highest BCUT2D eigenvalue weighted by atomic mass is 35.5. The Labute approximate surface area is 102 Å². The van der Waals surface area contributed by atoms with E-state index in [2.05, 4.69) is 0 Å². The van der Waals surface area contributed by atoms with E-state index in [-0.39, 0.29) is 11.2 Å². The topological polar surface area (TPSA) is 43.4 Å². The zero-order valence-electron chi connectivity index (χ0n) is 10.3. The van der Waals surface area contributed by atoms with Gasteiger partial charge < -0.3 is 4.74 Å². The number of rotatable bonds is 8. The molecule has 0 aromatic heterocycles. The van der Waals surface area contributed by atoms with E-state index in [1.54, 1.807) is 0 Å². The van der Waals surface area contributed by atoms with Crippen LogP contribution in [0.5, 0.6) is 0 Å². The summed E-state index contributed by atoms with van der Waals surface area (Å²) in [7, 11) is 1.41. The number of carbonyl (C=O) groups is 2. The zero-order chi connectivity index (χ0) is 12.6. The molecule has 0 heterocycles. The molecule has 4 heteroatoms. The highest BCUT2D eigenvalue weighted by Gasteiger charge is 2.27. The lowest BCUT2D eigenvalue weighted by Crippen LogP contribution is -2.25. The van der Waals surface area contributed by atoms with Crippen LogP contribution in [0, 0.1) is 5.41 Å². The van der Waals surface area contributed by atoms with Gasteiger partial charge in [-0.1, -0.05) is 19.3 Å². The summed E-state index contributed by atoms with van der Waals surface area (Å²) in [6, 6.07) is 0. The summed E-state index contributed by atoms with van der Waals surface area (Å²) in [5, 5.41) is -0.269. The Morgan fingerprint density at radius 3 is 2.19 bits per heavy atom. The number of methoxy groups -OCH3 is 1. The third kappa shape index (κ3) is 6.83. The zero-order valence-corrected chi connectivity index (χ0v) is 11.1. The Morgan fingerprint density at radius 2 is 1.69 bits per heavy atom. The Balaban J connectivity index is 3.58. The van der Waals surface area contributed by atoms with E-state index in [1.807, 2.05) is 13.8 Å². The maximum atomic E-state index is 11.4. The van der Waals surface area contributed by atoms with E-state index in [9.17, 15) is 9.59 Å². The van der Waals surface area contributed by atoms with Crippen LogP contribution in [0.4, 0.5) is 0 Å². The van der Waals surface area contributed by atoms with E-state index in [0.29, 0.717) is 6.42 Å². The molecule has 0 rings (SSSR count). The van der Waals surface area contributed by atoms with Crippen molar-refractivity contribution in [3.05, 3.63) is 0 Å². The molecule has 0 aliphatic rings. The van der Waals surface area contributed by atoms with Crippen molar-refractivity contribution < 1.29 is 14.3 Å². The summed E-state index contributed by atoms with van der Waals surface area (Å²) in [6.07, 6.45) is 5.07. The van der Waals surface area contributed by atoms with Gasteiger partial charge in [-0.2, -0.15) is 0 Å². The number of esters is 1. The van der Waals surface area contributed by atoms with Gasteiger partial charge in [0.25, 0.3) is 0 Å². The second-order valence-electron chi connectivity index (χ2n) is 4.64. The highest BCUT2D eigenvalue weighted by molar-refractivity contribution is 6.63. The van der Waals surface area contributed by atoms with Crippen LogP contribution in [-0.2, 0) is 14.3 Å². The second-order valence-corrected chi connectivity index (χ2v) is 5.07. The number of hydrogen-bond acceptors (Lipinski definition) is 3. The van der Waals surface area contributed by atoms with Crippen molar-refractivity contribution in [1.82, 2.24) is 0 Å². The molecule has 0 atom stereocenters. The largest absolute Gasteiger partial charge is 0.469 e. The summed E-state index contributed by atoms with van der Waals surface area (Å²) in [4.78, 5) is 21.8. The summed E-state index contributed by atoms with van der Waals surface area (Å²) >= 11 is 5.22. The number of ether oxygens (including phenoxy) is 1. The lowest BCUT2D eigenvalue weighted by molar-refractivity contribution is -0.151. The first-order valence-corrected chi connectivity index (χ1v) is 6.04. The molecule has 0 saturated carbocycles. The third-order valence-corrected chi connectivity index (χ3v) is 2.85. The molecule has 0 aromatic carbocycles. The van der Waals surface area contributed by atoms with Gasteiger partial charge in [0.2, 0.25) is 5.24 Å². The van der Waals surface area contributed by atoms with Crippen molar-refractivity contribution in [2.24, 2.45) is 5.41 Å². The Morgan fingerprint density at radius 1 is 1.12 bits per heavy atom. The average Bonchev–Trinajstić information content (AvgIpc) is 2.21. The molecule has 16 heavy (non-hydrogen) atoms. The van der Waals surface area contributed by atoms with E-state index in [0.717, 1.165) is 32.1 Å². The van der Waals surface area contributed by atoms with Gasteiger partial charge in [0.1, 0.15) is 0 Å². The van der Waals surface area contributed by atoms with Crippen LogP contribution in [0.15, 0.2) is 0 Å². The van der Waals surface area contributed by atoms with Gasteiger partial charge in [0.15, 0.2) is 0 Å². The van der Waals surface area contributed by atoms with Gasteiger partial charge in [0.05, 0.1) is 12.5 Å². The van der Waals surface area contributed by atoms with Crippen molar-refractivity contribution >= 4 is 22.8 Å². The van der Waals surface area contributed by atoms with Crippen LogP contribution in [0.1, 0.15) is 52.4 Å². The van der Waals surface area contributed by atoms with Gasteiger partial charge in [-0.05, 0) is 38.3 Å². The minimum atomic E-state index is -0.406. The predicted molar refractivity (Wildman–Crippen MR) is 64.4 cm³/mol. The second kappa shape index (κ2) is 7.66. The van der Waals surface area contributed by atoms with Gasteiger partial charge in [-0.3, -0.25) is 9.59 Å². The molecule has 0 saturated heterocycles. The van der Waals surface area contributed by atoms with E-state index < -0.39 is 5.41 Å². The SMILES string of the molecule is COC(=O)C(C)(C)CCCCCCC(=O)Cl. The summed E-state index contributed by atoms with van der Waals surface area (Å²) in [5.41, 5.74) is -0.406. The molecule has 0 aliphatic carbocycles. The minimum Gasteiger partial charge on any atom is -0.469 e. The van der Waals surface area contributed by atoms with Crippen LogP contribution in [0.25, 0.3) is 0 Å². The lowest BCUT2D eigenvalue weighted by atomic mass is 9.87. The molecule has 0 aromatic rings. The summed E-state index contributed by atoms with van der Waals surface area (Å²) in [6.45, 7) is 3.78. The molecule has 0 fully saturated rings. The monoisotopic (exact) mass is 248 g/mol. The molecule has 3 nitrogen and oxygen atoms in total. The van der Waals surface area contributed by atoms with Crippen LogP contribution in [-0.4, -0.2) is 18.3 Å². The van der Waals surface area contributed by atoms with Gasteiger partial charge in [-0.15, -0.1) is 0 Å². The fourth-order valence-corrected chi connectivity index (χ4v) is 1.70. The lowest BCUT2D eigenvalue weighted by Gasteiger charge is -2.20. The molecule has 94 valence electrons. The highest BCUT2D eigenvalue weighted by Crippen LogP contribution is 2.25. The maximum absolute atomic E-state index is 11.4. The summed E-state index contributed by atoms with van der Waals surface area (Å²) < 4.78 is 4.72.